The Labute approximate surface area is 110 Å². The molecular formula is C13H15N6+. The molecule has 19 heavy (non-hydrogen) atoms. The number of nitrogens with zero attached hydrogens (tertiary/aromatic N) is 2. The van der Waals surface area contributed by atoms with Gasteiger partial charge in [0.1, 0.15) is 0 Å². The first kappa shape index (κ1) is 11.5. The standard InChI is InChI=1S/C13H14N6/c14-13-18-11(10-12(19-13)17-8-16-10)15-7-6-9-4-2-1-3-5-9/h1-5,8H,6-7H2,(H4,14,15,16,17,18,19)/p+1. The molecule has 5 N–H and O–H groups in total. The van der Waals surface area contributed by atoms with Crippen LogP contribution in [-0.2, 0) is 6.42 Å². The number of nitrogen functional groups attached to an aromatic ring is 1. The highest BCUT2D eigenvalue weighted by Gasteiger charge is 2.13. The predicted octanol–water partition coefficient (Wildman–Crippen LogP) is 1.01. The summed E-state index contributed by atoms with van der Waals surface area (Å²) in [5.74, 6) is 0.977. The van der Waals surface area contributed by atoms with Gasteiger partial charge in [-0.25, -0.2) is 4.98 Å². The van der Waals surface area contributed by atoms with Gasteiger partial charge in [0.25, 0.3) is 5.95 Å². The van der Waals surface area contributed by atoms with Crippen LogP contribution in [0.2, 0.25) is 0 Å². The molecule has 0 aliphatic heterocycles. The first-order chi connectivity index (χ1) is 9.33. The molecule has 0 fully saturated rings. The highest BCUT2D eigenvalue weighted by atomic mass is 15.1. The van der Waals surface area contributed by atoms with Gasteiger partial charge < -0.3 is 11.1 Å². The van der Waals surface area contributed by atoms with Crippen molar-refractivity contribution in [2.24, 2.45) is 0 Å². The Hall–Kier alpha value is -2.63. The van der Waals surface area contributed by atoms with Crippen LogP contribution < -0.4 is 16.0 Å². The van der Waals surface area contributed by atoms with Gasteiger partial charge in [0.15, 0.2) is 12.1 Å². The molecule has 2 aromatic heterocycles. The number of hydrogen-bond donors (Lipinski definition) is 3. The van der Waals surface area contributed by atoms with E-state index < -0.39 is 0 Å². The number of H-pyrrole nitrogens is 2. The SMILES string of the molecule is Nc1nc(NCCc2ccccc2)c2[nH]c[nH+]c2n1. The van der Waals surface area contributed by atoms with E-state index in [2.05, 4.69) is 37.4 Å². The molecule has 0 amide bonds. The second-order valence-corrected chi connectivity index (χ2v) is 4.25. The molecule has 2 heterocycles. The summed E-state index contributed by atoms with van der Waals surface area (Å²) in [6.45, 7) is 0.786. The third kappa shape index (κ3) is 2.47. The summed E-state index contributed by atoms with van der Waals surface area (Å²) >= 11 is 0. The molecule has 0 saturated carbocycles. The van der Waals surface area contributed by atoms with Crippen LogP contribution in [0.15, 0.2) is 36.7 Å². The summed E-state index contributed by atoms with van der Waals surface area (Å²) in [5, 5.41) is 3.28. The quantitative estimate of drug-likeness (QED) is 0.648. The predicted molar refractivity (Wildman–Crippen MR) is 73.5 cm³/mol. The normalized spacial score (nSPS) is 10.7. The first-order valence-corrected chi connectivity index (χ1v) is 6.13. The van der Waals surface area contributed by atoms with E-state index in [1.165, 1.54) is 5.56 Å². The Morgan fingerprint density at radius 2 is 2.05 bits per heavy atom. The van der Waals surface area contributed by atoms with E-state index >= 15 is 0 Å². The van der Waals surface area contributed by atoms with Crippen LogP contribution in [0.1, 0.15) is 5.56 Å². The van der Waals surface area contributed by atoms with Crippen molar-refractivity contribution < 1.29 is 4.98 Å². The Bertz CT molecular complexity index is 676. The lowest BCUT2D eigenvalue weighted by molar-refractivity contribution is -0.347. The maximum absolute atomic E-state index is 5.67. The molecular weight excluding hydrogens is 240 g/mol. The van der Waals surface area contributed by atoms with E-state index in [1.807, 2.05) is 18.2 Å². The zero-order chi connectivity index (χ0) is 13.1. The Morgan fingerprint density at radius 1 is 1.21 bits per heavy atom. The maximum Gasteiger partial charge on any atom is 0.307 e. The van der Waals surface area contributed by atoms with Gasteiger partial charge in [-0.05, 0) is 12.0 Å². The van der Waals surface area contributed by atoms with Crippen LogP contribution in [0.3, 0.4) is 0 Å². The van der Waals surface area contributed by atoms with E-state index in [1.54, 1.807) is 6.33 Å². The van der Waals surface area contributed by atoms with E-state index in [4.69, 9.17) is 5.73 Å². The van der Waals surface area contributed by atoms with Crippen LogP contribution in [0.25, 0.3) is 11.2 Å². The molecule has 0 aliphatic rings. The van der Waals surface area contributed by atoms with Gasteiger partial charge in [-0.3, -0.25) is 4.98 Å². The van der Waals surface area contributed by atoms with Crippen LogP contribution in [0.5, 0.6) is 0 Å². The number of imidazole rings is 1. The van der Waals surface area contributed by atoms with E-state index in [-0.39, 0.29) is 5.95 Å². The molecule has 0 radical (unpaired) electrons. The summed E-state index contributed by atoms with van der Waals surface area (Å²) in [6.07, 6.45) is 2.64. The number of aromatic nitrogens is 4. The fraction of sp³-hybridized carbons (Fsp3) is 0.154. The second kappa shape index (κ2) is 4.93. The minimum atomic E-state index is 0.255. The third-order valence-corrected chi connectivity index (χ3v) is 2.90. The van der Waals surface area contributed by atoms with E-state index in [9.17, 15) is 0 Å². The molecule has 0 aliphatic carbocycles. The highest BCUT2D eigenvalue weighted by molar-refractivity contribution is 5.81. The summed E-state index contributed by atoms with van der Waals surface area (Å²) in [4.78, 5) is 14.4. The maximum atomic E-state index is 5.67. The number of benzene rings is 1. The van der Waals surface area contributed by atoms with Crippen molar-refractivity contribution in [1.82, 2.24) is 15.0 Å². The van der Waals surface area contributed by atoms with Gasteiger partial charge in [-0.15, -0.1) is 0 Å². The molecule has 0 unspecified atom stereocenters. The van der Waals surface area contributed by atoms with Gasteiger partial charge in [-0.1, -0.05) is 35.3 Å². The first-order valence-electron chi connectivity index (χ1n) is 6.13. The van der Waals surface area contributed by atoms with Crippen LogP contribution in [-0.4, -0.2) is 21.5 Å². The zero-order valence-corrected chi connectivity index (χ0v) is 10.4. The van der Waals surface area contributed by atoms with Crippen LogP contribution >= 0.6 is 0 Å². The smallest absolute Gasteiger partial charge is 0.307 e. The minimum Gasteiger partial charge on any atom is -0.366 e. The number of nitrogens with one attached hydrogen (secondary N) is 3. The molecule has 0 bridgehead atoms. The van der Waals surface area contributed by atoms with Crippen molar-refractivity contribution in [2.45, 2.75) is 6.42 Å². The third-order valence-electron chi connectivity index (χ3n) is 2.90. The van der Waals surface area contributed by atoms with Crippen molar-refractivity contribution in [3.05, 3.63) is 42.2 Å². The van der Waals surface area contributed by atoms with Gasteiger partial charge in [0, 0.05) is 6.54 Å². The number of anilines is 2. The fourth-order valence-electron chi connectivity index (χ4n) is 1.99. The van der Waals surface area contributed by atoms with Crippen molar-refractivity contribution in [2.75, 3.05) is 17.6 Å². The molecule has 0 saturated heterocycles. The zero-order valence-electron chi connectivity index (χ0n) is 10.4. The van der Waals surface area contributed by atoms with E-state index in [0.29, 0.717) is 5.65 Å². The minimum absolute atomic E-state index is 0.255. The summed E-state index contributed by atoms with van der Waals surface area (Å²) < 4.78 is 0. The average Bonchev–Trinajstić information content (AvgIpc) is 2.88. The van der Waals surface area contributed by atoms with Gasteiger partial charge >= 0.3 is 5.65 Å². The lowest BCUT2D eigenvalue weighted by Crippen LogP contribution is -2.10. The topological polar surface area (TPSA) is 93.8 Å². The lowest BCUT2D eigenvalue weighted by Gasteiger charge is -2.04. The van der Waals surface area contributed by atoms with Crippen molar-refractivity contribution >= 4 is 22.9 Å². The van der Waals surface area contributed by atoms with Crippen molar-refractivity contribution in [3.63, 3.8) is 0 Å². The number of aromatic amines is 2. The number of hydrogen-bond acceptors (Lipinski definition) is 4. The average molecular weight is 255 g/mol. The van der Waals surface area contributed by atoms with Crippen molar-refractivity contribution in [3.8, 4) is 0 Å². The number of rotatable bonds is 4. The van der Waals surface area contributed by atoms with Gasteiger partial charge in [0.05, 0.1) is 0 Å². The summed E-state index contributed by atoms with van der Waals surface area (Å²) in [7, 11) is 0. The molecule has 3 rings (SSSR count). The molecule has 6 nitrogen and oxygen atoms in total. The van der Waals surface area contributed by atoms with Gasteiger partial charge in [0.2, 0.25) is 5.52 Å². The highest BCUT2D eigenvalue weighted by Crippen LogP contribution is 2.15. The lowest BCUT2D eigenvalue weighted by atomic mass is 10.1. The molecule has 1 aromatic carbocycles. The Morgan fingerprint density at radius 3 is 2.89 bits per heavy atom. The monoisotopic (exact) mass is 255 g/mol. The number of fused-ring (bicyclic) bond motifs is 1. The van der Waals surface area contributed by atoms with Gasteiger partial charge in [-0.2, -0.15) is 4.98 Å². The molecule has 3 aromatic rings. The Kier molecular flexibility index (Phi) is 2.97. The summed E-state index contributed by atoms with van der Waals surface area (Å²) in [6, 6.07) is 10.3. The number of nitrogens with two attached hydrogens (primary N) is 1. The Balaban J connectivity index is 1.73. The molecule has 0 atom stereocenters. The molecule has 96 valence electrons. The van der Waals surface area contributed by atoms with Crippen LogP contribution in [0, 0.1) is 0 Å². The molecule has 6 heteroatoms. The van der Waals surface area contributed by atoms with Crippen LogP contribution in [0.4, 0.5) is 11.8 Å². The van der Waals surface area contributed by atoms with Crippen molar-refractivity contribution in [1.29, 1.82) is 0 Å². The largest absolute Gasteiger partial charge is 0.366 e. The fourth-order valence-corrected chi connectivity index (χ4v) is 1.99. The molecule has 0 spiro atoms. The second-order valence-electron chi connectivity index (χ2n) is 4.25. The summed E-state index contributed by atoms with van der Waals surface area (Å²) in [5.41, 5.74) is 8.49. The van der Waals surface area contributed by atoms with E-state index in [0.717, 1.165) is 24.3 Å².